The Morgan fingerprint density at radius 3 is 2.88 bits per heavy atom. The van der Waals surface area contributed by atoms with Crippen molar-refractivity contribution in [2.24, 2.45) is 5.11 Å². The highest BCUT2D eigenvalue weighted by Crippen LogP contribution is 2.28. The van der Waals surface area contributed by atoms with Gasteiger partial charge >= 0.3 is 0 Å². The summed E-state index contributed by atoms with van der Waals surface area (Å²) in [5.41, 5.74) is 7.88. The van der Waals surface area contributed by atoms with E-state index in [0.29, 0.717) is 6.54 Å². The number of benzene rings is 1. The lowest BCUT2D eigenvalue weighted by Gasteiger charge is -2.02. The summed E-state index contributed by atoms with van der Waals surface area (Å²) in [4.78, 5) is 23.9. The fraction of sp³-hybridized carbons (Fsp3) is 0.222. The minimum atomic E-state index is -0.702. The molecule has 88 valence electrons. The summed E-state index contributed by atoms with van der Waals surface area (Å²) < 4.78 is 0. The molecule has 0 saturated carbocycles. The molecule has 0 heterocycles. The smallest absolute Gasteiger partial charge is 0.279 e. The van der Waals surface area contributed by atoms with Crippen LogP contribution in [0.25, 0.3) is 10.4 Å². The molecule has 0 radical (unpaired) electrons. The maximum atomic E-state index is 11.5. The molecule has 8 nitrogen and oxygen atoms in total. The Balaban J connectivity index is 3.23. The van der Waals surface area contributed by atoms with Crippen molar-refractivity contribution < 1.29 is 9.72 Å². The number of amides is 1. The van der Waals surface area contributed by atoms with Gasteiger partial charge < -0.3 is 5.32 Å². The van der Waals surface area contributed by atoms with E-state index in [0.717, 1.165) is 6.07 Å². The zero-order valence-electron chi connectivity index (χ0n) is 8.95. The molecule has 1 amide bonds. The first-order chi connectivity index (χ1) is 8.10. The van der Waals surface area contributed by atoms with E-state index in [4.69, 9.17) is 5.53 Å². The molecule has 0 fully saturated rings. The van der Waals surface area contributed by atoms with Crippen LogP contribution in [-0.4, -0.2) is 17.4 Å². The van der Waals surface area contributed by atoms with E-state index in [9.17, 15) is 14.9 Å². The van der Waals surface area contributed by atoms with Gasteiger partial charge in [-0.15, -0.1) is 0 Å². The average Bonchev–Trinajstić information content (AvgIpc) is 2.30. The molecule has 17 heavy (non-hydrogen) atoms. The van der Waals surface area contributed by atoms with Gasteiger partial charge in [-0.25, -0.2) is 0 Å². The van der Waals surface area contributed by atoms with Gasteiger partial charge in [-0.2, -0.15) is 0 Å². The number of carbonyl (C=O) groups is 1. The first-order valence-corrected chi connectivity index (χ1v) is 4.72. The maximum Gasteiger partial charge on any atom is 0.279 e. The molecule has 0 bridgehead atoms. The number of hydrogen-bond donors (Lipinski definition) is 1. The Kier molecular flexibility index (Phi) is 4.02. The Hall–Kier alpha value is -2.60. The van der Waals surface area contributed by atoms with Gasteiger partial charge in [0, 0.05) is 23.1 Å². The normalized spacial score (nSPS) is 9.24. The highest BCUT2D eigenvalue weighted by molar-refractivity contribution is 5.95. The van der Waals surface area contributed by atoms with Crippen LogP contribution in [0, 0.1) is 10.1 Å². The van der Waals surface area contributed by atoms with E-state index < -0.39 is 16.5 Å². The molecule has 1 N–H and O–H groups in total. The second-order valence-electron chi connectivity index (χ2n) is 3.01. The highest BCUT2D eigenvalue weighted by atomic mass is 16.6. The zero-order valence-corrected chi connectivity index (χ0v) is 8.95. The van der Waals surface area contributed by atoms with Crippen LogP contribution in [0.15, 0.2) is 23.3 Å². The number of rotatable bonds is 4. The van der Waals surface area contributed by atoms with Gasteiger partial charge in [-0.1, -0.05) is 5.11 Å². The van der Waals surface area contributed by atoms with Crippen LogP contribution in [-0.2, 0) is 0 Å². The number of nitro benzene ring substituents is 1. The third kappa shape index (κ3) is 2.93. The summed E-state index contributed by atoms with van der Waals surface area (Å²) in [6.45, 7) is 2.16. The number of azide groups is 1. The molecule has 0 aliphatic rings. The summed E-state index contributed by atoms with van der Waals surface area (Å²) in [5, 5.41) is 16.4. The minimum Gasteiger partial charge on any atom is -0.352 e. The van der Waals surface area contributed by atoms with E-state index >= 15 is 0 Å². The molecule has 0 atom stereocenters. The van der Waals surface area contributed by atoms with Crippen LogP contribution < -0.4 is 5.32 Å². The van der Waals surface area contributed by atoms with Crippen molar-refractivity contribution in [3.63, 3.8) is 0 Å². The molecule has 0 spiro atoms. The predicted octanol–water partition coefficient (Wildman–Crippen LogP) is 2.29. The summed E-state index contributed by atoms with van der Waals surface area (Å²) in [5.74, 6) is -0.414. The first kappa shape index (κ1) is 12.5. The number of nitrogens with one attached hydrogen (secondary N) is 1. The summed E-state index contributed by atoms with van der Waals surface area (Å²) in [6.07, 6.45) is 0. The van der Waals surface area contributed by atoms with Crippen LogP contribution in [0.1, 0.15) is 17.3 Å². The molecule has 0 aliphatic carbocycles. The number of hydrogen-bond acceptors (Lipinski definition) is 4. The number of nitrogens with zero attached hydrogens (tertiary/aromatic N) is 4. The molecule has 1 aromatic carbocycles. The van der Waals surface area contributed by atoms with E-state index in [1.807, 2.05) is 0 Å². The van der Waals surface area contributed by atoms with Crippen molar-refractivity contribution in [1.29, 1.82) is 0 Å². The van der Waals surface area contributed by atoms with Gasteiger partial charge in [0.05, 0.1) is 4.92 Å². The minimum absolute atomic E-state index is 0.120. The highest BCUT2D eigenvalue weighted by Gasteiger charge is 2.16. The van der Waals surface area contributed by atoms with Crippen LogP contribution in [0.2, 0.25) is 0 Å². The van der Waals surface area contributed by atoms with Gasteiger partial charge in [0.15, 0.2) is 0 Å². The van der Waals surface area contributed by atoms with E-state index in [1.165, 1.54) is 12.1 Å². The van der Waals surface area contributed by atoms with Crippen molar-refractivity contribution in [1.82, 2.24) is 5.32 Å². The largest absolute Gasteiger partial charge is 0.352 e. The van der Waals surface area contributed by atoms with Crippen LogP contribution in [0.3, 0.4) is 0 Å². The lowest BCUT2D eigenvalue weighted by molar-refractivity contribution is -0.384. The standard InChI is InChI=1S/C9H9N5O3/c1-2-11-9(15)6-3-4-7(12-13-10)8(5-6)14(16)17/h3-5H,2H2,1H3,(H,11,15). The Morgan fingerprint density at radius 1 is 1.65 bits per heavy atom. The molecule has 0 aromatic heterocycles. The fourth-order valence-corrected chi connectivity index (χ4v) is 1.21. The fourth-order valence-electron chi connectivity index (χ4n) is 1.21. The molecule has 1 rings (SSSR count). The molecule has 0 aliphatic heterocycles. The summed E-state index contributed by atoms with van der Waals surface area (Å²) in [7, 11) is 0. The van der Waals surface area contributed by atoms with Gasteiger partial charge in [0.2, 0.25) is 0 Å². The molecule has 0 unspecified atom stereocenters. The van der Waals surface area contributed by atoms with Crippen LogP contribution in [0.4, 0.5) is 11.4 Å². The van der Waals surface area contributed by atoms with Crippen LogP contribution in [0.5, 0.6) is 0 Å². The van der Waals surface area contributed by atoms with Crippen molar-refractivity contribution in [2.75, 3.05) is 6.54 Å². The maximum absolute atomic E-state index is 11.5. The van der Waals surface area contributed by atoms with Crippen molar-refractivity contribution in [3.8, 4) is 0 Å². The number of nitro groups is 1. The van der Waals surface area contributed by atoms with E-state index in [2.05, 4.69) is 15.3 Å². The van der Waals surface area contributed by atoms with E-state index in [1.54, 1.807) is 6.92 Å². The topological polar surface area (TPSA) is 121 Å². The monoisotopic (exact) mass is 235 g/mol. The Labute approximate surface area is 96.0 Å². The molecular weight excluding hydrogens is 226 g/mol. The molecule has 8 heteroatoms. The molecule has 1 aromatic rings. The van der Waals surface area contributed by atoms with Crippen molar-refractivity contribution in [2.45, 2.75) is 6.92 Å². The van der Waals surface area contributed by atoms with Gasteiger partial charge in [0.1, 0.15) is 5.69 Å². The SMILES string of the molecule is CCNC(=O)c1ccc(N=[N+]=[N-])c([N+](=O)[O-])c1. The third-order valence-electron chi connectivity index (χ3n) is 1.92. The van der Waals surface area contributed by atoms with Crippen molar-refractivity contribution >= 4 is 17.3 Å². The second kappa shape index (κ2) is 5.47. The summed E-state index contributed by atoms with van der Waals surface area (Å²) >= 11 is 0. The van der Waals surface area contributed by atoms with Crippen LogP contribution >= 0.6 is 0 Å². The third-order valence-corrected chi connectivity index (χ3v) is 1.92. The summed E-state index contributed by atoms with van der Waals surface area (Å²) in [6, 6.07) is 3.68. The predicted molar refractivity (Wildman–Crippen MR) is 59.9 cm³/mol. The van der Waals surface area contributed by atoms with Crippen molar-refractivity contribution in [3.05, 3.63) is 44.3 Å². The van der Waals surface area contributed by atoms with E-state index in [-0.39, 0.29) is 11.3 Å². The quantitative estimate of drug-likeness (QED) is 0.283. The van der Waals surface area contributed by atoms with Gasteiger partial charge in [0.25, 0.3) is 11.6 Å². The lowest BCUT2D eigenvalue weighted by Crippen LogP contribution is -2.22. The Morgan fingerprint density at radius 2 is 2.35 bits per heavy atom. The Bertz CT molecular complexity index is 507. The zero-order chi connectivity index (χ0) is 12.8. The molecule has 0 saturated heterocycles. The number of carbonyl (C=O) groups excluding carboxylic acids is 1. The lowest BCUT2D eigenvalue weighted by atomic mass is 10.1. The molecular formula is C9H9N5O3. The van der Waals surface area contributed by atoms with Gasteiger partial charge in [-0.05, 0) is 24.6 Å². The second-order valence-corrected chi connectivity index (χ2v) is 3.01. The average molecular weight is 235 g/mol. The first-order valence-electron chi connectivity index (χ1n) is 4.72. The van der Waals surface area contributed by atoms with Gasteiger partial charge in [-0.3, -0.25) is 14.9 Å².